The lowest BCUT2D eigenvalue weighted by molar-refractivity contribution is -0.148. The molecule has 96 valence electrons. The number of amides is 1. The standard InChI is InChI=1S/C12H13NO4S/c1-7-3-4-8(17-2)9-10(7)18-6-5-13(9)11(14)12(15)16/h3-4H,5-6H2,1-2H3,(H,15,16). The summed E-state index contributed by atoms with van der Waals surface area (Å²) in [6.07, 6.45) is 0. The van der Waals surface area contributed by atoms with Gasteiger partial charge in [-0.3, -0.25) is 9.69 Å². The number of hydrogen-bond donors (Lipinski definition) is 1. The summed E-state index contributed by atoms with van der Waals surface area (Å²) in [5, 5.41) is 8.85. The van der Waals surface area contributed by atoms with E-state index >= 15 is 0 Å². The Hall–Kier alpha value is -1.69. The highest BCUT2D eigenvalue weighted by Gasteiger charge is 2.31. The molecule has 0 spiro atoms. The summed E-state index contributed by atoms with van der Waals surface area (Å²) in [4.78, 5) is 24.7. The first-order valence-electron chi connectivity index (χ1n) is 5.41. The molecule has 1 N–H and O–H groups in total. The number of fused-ring (bicyclic) bond motifs is 1. The van der Waals surface area contributed by atoms with Crippen LogP contribution in [0.5, 0.6) is 5.75 Å². The van der Waals surface area contributed by atoms with Gasteiger partial charge in [-0.1, -0.05) is 6.07 Å². The number of rotatable bonds is 1. The molecule has 1 aliphatic rings. The summed E-state index contributed by atoms with van der Waals surface area (Å²) in [6.45, 7) is 2.31. The van der Waals surface area contributed by atoms with Crippen LogP contribution >= 0.6 is 11.8 Å². The smallest absolute Gasteiger partial charge is 0.394 e. The van der Waals surface area contributed by atoms with Crippen LogP contribution < -0.4 is 9.64 Å². The number of benzene rings is 1. The topological polar surface area (TPSA) is 66.8 Å². The van der Waals surface area contributed by atoms with Crippen LogP contribution in [0.1, 0.15) is 5.56 Å². The molecule has 2 rings (SSSR count). The Kier molecular flexibility index (Phi) is 3.47. The van der Waals surface area contributed by atoms with Gasteiger partial charge in [0.15, 0.2) is 0 Å². The van der Waals surface area contributed by atoms with Crippen molar-refractivity contribution in [2.75, 3.05) is 24.3 Å². The molecular formula is C12H13NO4S. The lowest BCUT2D eigenvalue weighted by Crippen LogP contribution is -2.40. The number of carbonyl (C=O) groups is 2. The van der Waals surface area contributed by atoms with E-state index in [1.807, 2.05) is 13.0 Å². The van der Waals surface area contributed by atoms with Gasteiger partial charge in [-0.25, -0.2) is 4.79 Å². The first-order valence-corrected chi connectivity index (χ1v) is 6.40. The predicted molar refractivity (Wildman–Crippen MR) is 68.4 cm³/mol. The van der Waals surface area contributed by atoms with E-state index in [1.165, 1.54) is 12.0 Å². The van der Waals surface area contributed by atoms with Crippen molar-refractivity contribution in [3.8, 4) is 5.75 Å². The summed E-state index contributed by atoms with van der Waals surface area (Å²) in [5.74, 6) is -1.16. The van der Waals surface area contributed by atoms with Crippen LogP contribution in [0.15, 0.2) is 17.0 Å². The molecule has 6 heteroatoms. The Morgan fingerprint density at radius 3 is 2.78 bits per heavy atom. The van der Waals surface area contributed by atoms with Crippen LogP contribution in [-0.4, -0.2) is 36.4 Å². The SMILES string of the molecule is COc1ccc(C)c2c1N(C(=O)C(=O)O)CCS2. The second-order valence-electron chi connectivity index (χ2n) is 3.87. The molecule has 1 aliphatic heterocycles. The van der Waals surface area contributed by atoms with Crippen molar-refractivity contribution in [3.05, 3.63) is 17.7 Å². The summed E-state index contributed by atoms with van der Waals surface area (Å²) in [6, 6.07) is 3.65. The molecular weight excluding hydrogens is 254 g/mol. The minimum atomic E-state index is -1.45. The van der Waals surface area contributed by atoms with Crippen molar-refractivity contribution in [1.82, 2.24) is 0 Å². The molecule has 1 aromatic rings. The van der Waals surface area contributed by atoms with E-state index in [0.29, 0.717) is 23.7 Å². The number of carbonyl (C=O) groups excluding carboxylic acids is 1. The van der Waals surface area contributed by atoms with Gasteiger partial charge in [0.05, 0.1) is 7.11 Å². The molecule has 0 bridgehead atoms. The van der Waals surface area contributed by atoms with Gasteiger partial charge >= 0.3 is 11.9 Å². The third-order valence-corrected chi connectivity index (χ3v) is 3.96. The highest BCUT2D eigenvalue weighted by atomic mass is 32.2. The normalized spacial score (nSPS) is 14.0. The molecule has 0 saturated carbocycles. The second-order valence-corrected chi connectivity index (χ2v) is 4.98. The molecule has 5 nitrogen and oxygen atoms in total. The molecule has 0 radical (unpaired) electrons. The van der Waals surface area contributed by atoms with E-state index in [4.69, 9.17) is 9.84 Å². The highest BCUT2D eigenvalue weighted by molar-refractivity contribution is 7.99. The zero-order valence-corrected chi connectivity index (χ0v) is 10.9. The molecule has 0 saturated heterocycles. The van der Waals surface area contributed by atoms with Crippen LogP contribution in [0.25, 0.3) is 0 Å². The molecule has 0 fully saturated rings. The maximum Gasteiger partial charge on any atom is 0.394 e. The van der Waals surface area contributed by atoms with E-state index in [0.717, 1.165) is 10.5 Å². The van der Waals surface area contributed by atoms with Crippen LogP contribution in [0, 0.1) is 6.92 Å². The largest absolute Gasteiger partial charge is 0.495 e. The Morgan fingerprint density at radius 2 is 2.17 bits per heavy atom. The molecule has 0 aliphatic carbocycles. The van der Waals surface area contributed by atoms with E-state index in [2.05, 4.69) is 0 Å². The number of carboxylic acids is 1. The average Bonchev–Trinajstić information content (AvgIpc) is 2.38. The van der Waals surface area contributed by atoms with Gasteiger partial charge in [0.25, 0.3) is 0 Å². The minimum absolute atomic E-state index is 0.378. The van der Waals surface area contributed by atoms with Crippen molar-refractivity contribution >= 4 is 29.3 Å². The quantitative estimate of drug-likeness (QED) is 0.781. The van der Waals surface area contributed by atoms with Gasteiger partial charge in [0.2, 0.25) is 0 Å². The van der Waals surface area contributed by atoms with Crippen molar-refractivity contribution in [3.63, 3.8) is 0 Å². The fourth-order valence-electron chi connectivity index (χ4n) is 1.93. The molecule has 1 amide bonds. The van der Waals surface area contributed by atoms with Crippen LogP contribution in [0.2, 0.25) is 0 Å². The zero-order valence-electron chi connectivity index (χ0n) is 10.1. The maximum atomic E-state index is 11.7. The minimum Gasteiger partial charge on any atom is -0.495 e. The summed E-state index contributed by atoms with van der Waals surface area (Å²) in [5.41, 5.74) is 1.58. The van der Waals surface area contributed by atoms with Gasteiger partial charge in [-0.15, -0.1) is 11.8 Å². The summed E-state index contributed by atoms with van der Waals surface area (Å²) >= 11 is 1.61. The number of hydrogen-bond acceptors (Lipinski definition) is 4. The van der Waals surface area contributed by atoms with E-state index in [9.17, 15) is 9.59 Å². The second kappa shape index (κ2) is 4.89. The van der Waals surface area contributed by atoms with Crippen molar-refractivity contribution in [1.29, 1.82) is 0 Å². The monoisotopic (exact) mass is 267 g/mol. The van der Waals surface area contributed by atoms with Crippen LogP contribution in [0.3, 0.4) is 0 Å². The van der Waals surface area contributed by atoms with E-state index in [1.54, 1.807) is 17.8 Å². The van der Waals surface area contributed by atoms with Crippen LogP contribution in [0.4, 0.5) is 5.69 Å². The van der Waals surface area contributed by atoms with Gasteiger partial charge in [-0.2, -0.15) is 0 Å². The van der Waals surface area contributed by atoms with Gasteiger partial charge in [0, 0.05) is 17.2 Å². The highest BCUT2D eigenvalue weighted by Crippen LogP contribution is 2.43. The summed E-state index contributed by atoms with van der Waals surface area (Å²) < 4.78 is 5.23. The van der Waals surface area contributed by atoms with Crippen molar-refractivity contribution < 1.29 is 19.4 Å². The van der Waals surface area contributed by atoms with Gasteiger partial charge in [-0.05, 0) is 18.6 Å². The number of methoxy groups -OCH3 is 1. The van der Waals surface area contributed by atoms with Gasteiger partial charge < -0.3 is 9.84 Å². The number of carboxylic acid groups (broad SMARTS) is 1. The van der Waals surface area contributed by atoms with Crippen molar-refractivity contribution in [2.24, 2.45) is 0 Å². The van der Waals surface area contributed by atoms with Crippen LogP contribution in [-0.2, 0) is 9.59 Å². The summed E-state index contributed by atoms with van der Waals surface area (Å²) in [7, 11) is 1.51. The maximum absolute atomic E-state index is 11.7. The van der Waals surface area contributed by atoms with E-state index in [-0.39, 0.29) is 0 Å². The average molecular weight is 267 g/mol. The Bertz CT molecular complexity index is 515. The van der Waals surface area contributed by atoms with Gasteiger partial charge in [0.1, 0.15) is 11.4 Å². The number of anilines is 1. The molecule has 1 heterocycles. The van der Waals surface area contributed by atoms with Crippen molar-refractivity contribution in [2.45, 2.75) is 11.8 Å². The molecule has 0 atom stereocenters. The Balaban J connectivity index is 2.56. The predicted octanol–water partition coefficient (Wildman–Crippen LogP) is 1.53. The third-order valence-electron chi connectivity index (χ3n) is 2.77. The number of ether oxygens (including phenoxy) is 1. The number of nitrogens with zero attached hydrogens (tertiary/aromatic N) is 1. The fourth-order valence-corrected chi connectivity index (χ4v) is 3.05. The fraction of sp³-hybridized carbons (Fsp3) is 0.333. The lowest BCUT2D eigenvalue weighted by Gasteiger charge is -2.30. The third kappa shape index (κ3) is 2.03. The first-order chi connectivity index (χ1) is 8.56. The number of aryl methyl sites for hydroxylation is 1. The zero-order chi connectivity index (χ0) is 13.3. The Morgan fingerprint density at radius 1 is 1.44 bits per heavy atom. The molecule has 0 unspecified atom stereocenters. The number of aliphatic carboxylic acids is 1. The Labute approximate surface area is 109 Å². The lowest BCUT2D eigenvalue weighted by atomic mass is 10.1. The number of thioether (sulfide) groups is 1. The molecule has 1 aromatic carbocycles. The van der Waals surface area contributed by atoms with E-state index < -0.39 is 11.9 Å². The molecule has 0 aromatic heterocycles. The molecule has 18 heavy (non-hydrogen) atoms. The first kappa shape index (κ1) is 12.8.